The largest absolute Gasteiger partial charge is 0.336 e. The van der Waals surface area contributed by atoms with Gasteiger partial charge in [-0.2, -0.15) is 11.8 Å². The van der Waals surface area contributed by atoms with E-state index in [2.05, 4.69) is 27.2 Å². The summed E-state index contributed by atoms with van der Waals surface area (Å²) in [6.07, 6.45) is 7.31. The standard InChI is InChI=1S/C13H17BrN2OS/c1-18-11-4-2-3-7-16(9-11)13(17)12-6-5-10(14)8-15-12/h5-6,8,11H,2-4,7,9H2,1H3/t11-/m0/s1. The molecule has 0 radical (unpaired) electrons. The van der Waals surface area contributed by atoms with Crippen LogP contribution in [0.2, 0.25) is 0 Å². The summed E-state index contributed by atoms with van der Waals surface area (Å²) in [6.45, 7) is 1.70. The Bertz CT molecular complexity index is 410. The molecule has 0 spiro atoms. The number of amides is 1. The number of hydrogen-bond donors (Lipinski definition) is 0. The zero-order valence-corrected chi connectivity index (χ0v) is 12.8. The minimum absolute atomic E-state index is 0.0588. The first kappa shape index (κ1) is 13.9. The van der Waals surface area contributed by atoms with E-state index >= 15 is 0 Å². The van der Waals surface area contributed by atoms with Crippen molar-refractivity contribution >= 4 is 33.6 Å². The Morgan fingerprint density at radius 3 is 3.00 bits per heavy atom. The molecule has 3 nitrogen and oxygen atoms in total. The fourth-order valence-electron chi connectivity index (χ4n) is 2.14. The van der Waals surface area contributed by atoms with Crippen molar-refractivity contribution in [3.8, 4) is 0 Å². The molecule has 98 valence electrons. The molecule has 0 unspecified atom stereocenters. The van der Waals surface area contributed by atoms with Gasteiger partial charge in [0.15, 0.2) is 0 Å². The van der Waals surface area contributed by atoms with Gasteiger partial charge in [0.1, 0.15) is 5.69 Å². The second-order valence-corrected chi connectivity index (χ2v) is 6.52. The van der Waals surface area contributed by atoms with E-state index in [-0.39, 0.29) is 5.91 Å². The van der Waals surface area contributed by atoms with Crippen molar-refractivity contribution in [1.82, 2.24) is 9.88 Å². The predicted molar refractivity (Wildman–Crippen MR) is 79.0 cm³/mol. The molecule has 0 bridgehead atoms. The molecule has 0 aromatic carbocycles. The van der Waals surface area contributed by atoms with Crippen LogP contribution in [0.25, 0.3) is 0 Å². The van der Waals surface area contributed by atoms with Gasteiger partial charge in [0.05, 0.1) is 0 Å². The number of hydrogen-bond acceptors (Lipinski definition) is 3. The molecule has 1 aliphatic rings. The molecule has 1 aromatic rings. The van der Waals surface area contributed by atoms with Crippen LogP contribution in [-0.2, 0) is 0 Å². The molecule has 0 N–H and O–H groups in total. The molecular formula is C13H17BrN2OS. The maximum absolute atomic E-state index is 12.4. The van der Waals surface area contributed by atoms with Crippen LogP contribution in [0.15, 0.2) is 22.8 Å². The maximum atomic E-state index is 12.4. The lowest BCUT2D eigenvalue weighted by Gasteiger charge is -2.23. The van der Waals surface area contributed by atoms with Crippen LogP contribution < -0.4 is 0 Å². The Kier molecular flexibility index (Phi) is 5.06. The summed E-state index contributed by atoms with van der Waals surface area (Å²) >= 11 is 5.19. The Balaban J connectivity index is 2.09. The van der Waals surface area contributed by atoms with Gasteiger partial charge in [0.2, 0.25) is 0 Å². The number of pyridine rings is 1. The molecule has 2 rings (SSSR count). The zero-order chi connectivity index (χ0) is 13.0. The third kappa shape index (κ3) is 3.48. The molecule has 1 amide bonds. The summed E-state index contributed by atoms with van der Waals surface area (Å²) in [6, 6.07) is 3.65. The van der Waals surface area contributed by atoms with Crippen LogP contribution in [0.1, 0.15) is 29.8 Å². The lowest BCUT2D eigenvalue weighted by atomic mass is 10.2. The maximum Gasteiger partial charge on any atom is 0.272 e. The smallest absolute Gasteiger partial charge is 0.272 e. The first-order valence-electron chi connectivity index (χ1n) is 6.14. The van der Waals surface area contributed by atoms with E-state index in [1.54, 1.807) is 12.3 Å². The van der Waals surface area contributed by atoms with Crippen molar-refractivity contribution < 1.29 is 4.79 Å². The van der Waals surface area contributed by atoms with Crippen molar-refractivity contribution in [3.05, 3.63) is 28.5 Å². The van der Waals surface area contributed by atoms with Crippen molar-refractivity contribution in [2.24, 2.45) is 0 Å². The number of halogens is 1. The third-order valence-electron chi connectivity index (χ3n) is 3.20. The van der Waals surface area contributed by atoms with E-state index in [9.17, 15) is 4.79 Å². The second-order valence-electron chi connectivity index (χ2n) is 4.47. The molecule has 1 saturated heterocycles. The van der Waals surface area contributed by atoms with Gasteiger partial charge < -0.3 is 4.90 Å². The Morgan fingerprint density at radius 2 is 2.33 bits per heavy atom. The van der Waals surface area contributed by atoms with E-state index in [0.29, 0.717) is 10.9 Å². The van der Waals surface area contributed by atoms with Gasteiger partial charge in [-0.25, -0.2) is 4.98 Å². The SMILES string of the molecule is CS[C@H]1CCCCN(C(=O)c2ccc(Br)cn2)C1. The molecule has 1 atom stereocenters. The number of carbonyl (C=O) groups excluding carboxylic acids is 1. The van der Waals surface area contributed by atoms with Crippen LogP contribution in [-0.4, -0.2) is 40.4 Å². The third-order valence-corrected chi connectivity index (χ3v) is 4.72. The predicted octanol–water partition coefficient (Wildman–Crippen LogP) is 3.20. The Morgan fingerprint density at radius 1 is 1.50 bits per heavy atom. The monoisotopic (exact) mass is 328 g/mol. The summed E-state index contributed by atoms with van der Waals surface area (Å²) in [5.41, 5.74) is 0.542. The van der Waals surface area contributed by atoms with Gasteiger partial charge in [-0.15, -0.1) is 0 Å². The van der Waals surface area contributed by atoms with Crippen LogP contribution in [0, 0.1) is 0 Å². The van der Waals surface area contributed by atoms with Gasteiger partial charge in [-0.05, 0) is 47.2 Å². The number of carbonyl (C=O) groups is 1. The van der Waals surface area contributed by atoms with Crippen LogP contribution in [0.3, 0.4) is 0 Å². The first-order valence-corrected chi connectivity index (χ1v) is 8.22. The minimum Gasteiger partial charge on any atom is -0.336 e. The van der Waals surface area contributed by atoms with Gasteiger partial charge >= 0.3 is 0 Å². The zero-order valence-electron chi connectivity index (χ0n) is 10.4. The summed E-state index contributed by atoms with van der Waals surface area (Å²) in [4.78, 5) is 18.5. The van der Waals surface area contributed by atoms with Crippen molar-refractivity contribution in [1.29, 1.82) is 0 Å². The molecule has 1 aromatic heterocycles. The average Bonchev–Trinajstić information content (AvgIpc) is 2.64. The highest BCUT2D eigenvalue weighted by Crippen LogP contribution is 2.21. The number of aromatic nitrogens is 1. The fraction of sp³-hybridized carbons (Fsp3) is 0.538. The molecule has 5 heteroatoms. The van der Waals surface area contributed by atoms with E-state index in [1.165, 1.54) is 12.8 Å². The quantitative estimate of drug-likeness (QED) is 0.835. The molecule has 0 saturated carbocycles. The number of rotatable bonds is 2. The topological polar surface area (TPSA) is 33.2 Å². The Hall–Kier alpha value is -0.550. The highest BCUT2D eigenvalue weighted by molar-refractivity contribution is 9.10. The number of thioether (sulfide) groups is 1. The fourth-order valence-corrected chi connectivity index (χ4v) is 3.11. The minimum atomic E-state index is 0.0588. The second kappa shape index (κ2) is 6.57. The van der Waals surface area contributed by atoms with Crippen LogP contribution in [0.4, 0.5) is 0 Å². The normalized spacial score (nSPS) is 20.6. The Labute approximate surface area is 120 Å². The summed E-state index contributed by atoms with van der Waals surface area (Å²) in [7, 11) is 0. The molecule has 18 heavy (non-hydrogen) atoms. The molecule has 2 heterocycles. The average molecular weight is 329 g/mol. The van der Waals surface area contributed by atoms with E-state index in [1.807, 2.05) is 22.7 Å². The summed E-state index contributed by atoms with van der Waals surface area (Å²) in [5.74, 6) is 0.0588. The number of nitrogens with zero attached hydrogens (tertiary/aromatic N) is 2. The van der Waals surface area contributed by atoms with E-state index < -0.39 is 0 Å². The van der Waals surface area contributed by atoms with Crippen molar-refractivity contribution in [2.45, 2.75) is 24.5 Å². The van der Waals surface area contributed by atoms with Crippen molar-refractivity contribution in [3.63, 3.8) is 0 Å². The summed E-state index contributed by atoms with van der Waals surface area (Å²) in [5, 5.41) is 0.562. The molecular weight excluding hydrogens is 312 g/mol. The first-order chi connectivity index (χ1) is 8.70. The summed E-state index contributed by atoms with van der Waals surface area (Å²) < 4.78 is 0.900. The molecule has 1 fully saturated rings. The molecule has 1 aliphatic heterocycles. The molecule has 0 aliphatic carbocycles. The van der Waals surface area contributed by atoms with Crippen molar-refractivity contribution in [2.75, 3.05) is 19.3 Å². The van der Waals surface area contributed by atoms with E-state index in [0.717, 1.165) is 24.0 Å². The highest BCUT2D eigenvalue weighted by Gasteiger charge is 2.22. The number of likely N-dealkylation sites (tertiary alicyclic amines) is 1. The highest BCUT2D eigenvalue weighted by atomic mass is 79.9. The van der Waals surface area contributed by atoms with Gasteiger partial charge in [0.25, 0.3) is 5.91 Å². The lowest BCUT2D eigenvalue weighted by molar-refractivity contribution is 0.0757. The van der Waals surface area contributed by atoms with Gasteiger partial charge in [0, 0.05) is 29.0 Å². The lowest BCUT2D eigenvalue weighted by Crippen LogP contribution is -2.35. The van der Waals surface area contributed by atoms with Gasteiger partial charge in [-0.3, -0.25) is 4.79 Å². The van der Waals surface area contributed by atoms with Crippen LogP contribution in [0.5, 0.6) is 0 Å². The van der Waals surface area contributed by atoms with E-state index in [4.69, 9.17) is 0 Å². The van der Waals surface area contributed by atoms with Crippen LogP contribution >= 0.6 is 27.7 Å². The van der Waals surface area contributed by atoms with Gasteiger partial charge in [-0.1, -0.05) is 6.42 Å².